The Morgan fingerprint density at radius 1 is 0.889 bits per heavy atom. The summed E-state index contributed by atoms with van der Waals surface area (Å²) in [6.07, 6.45) is 3.75. The van der Waals surface area contributed by atoms with Crippen LogP contribution in [0.4, 0.5) is 0 Å². The van der Waals surface area contributed by atoms with E-state index < -0.39 is 5.97 Å². The highest BCUT2D eigenvalue weighted by Gasteiger charge is 2.36. The van der Waals surface area contributed by atoms with Crippen molar-refractivity contribution < 1.29 is 14.7 Å². The molecular formula is C24H20O3. The van der Waals surface area contributed by atoms with Crippen molar-refractivity contribution in [2.24, 2.45) is 0 Å². The van der Waals surface area contributed by atoms with Crippen LogP contribution >= 0.6 is 0 Å². The molecule has 3 nitrogen and oxygen atoms in total. The first-order valence-electron chi connectivity index (χ1n) is 9.48. The topological polar surface area (TPSA) is 54.4 Å². The molecule has 134 valence electrons. The number of carboxylic acids is 1. The number of hydrogen-bond donors (Lipinski definition) is 1. The summed E-state index contributed by atoms with van der Waals surface area (Å²) in [5, 5.41) is 10.9. The zero-order chi connectivity index (χ0) is 18.7. The van der Waals surface area contributed by atoms with Crippen LogP contribution in [-0.4, -0.2) is 16.9 Å². The molecule has 2 aliphatic rings. The minimum absolute atomic E-state index is 0.0000709. The van der Waals surface area contributed by atoms with Crippen molar-refractivity contribution in [3.63, 3.8) is 0 Å². The molecule has 0 amide bonds. The molecule has 0 aromatic heterocycles. The summed E-state index contributed by atoms with van der Waals surface area (Å²) in [6, 6.07) is 15.2. The Hall–Kier alpha value is -2.94. The Kier molecular flexibility index (Phi) is 3.48. The SMILES string of the molecule is Cc1ccc2cc(C(=O)c3ccc4c(c3)C3CCC4C3)ccc2c1C(=O)O. The number of carbonyl (C=O) groups is 2. The molecule has 5 rings (SSSR count). The third-order valence-electron chi connectivity index (χ3n) is 6.37. The lowest BCUT2D eigenvalue weighted by atomic mass is 9.88. The molecule has 1 saturated carbocycles. The number of carbonyl (C=O) groups excluding carboxylic acids is 1. The van der Waals surface area contributed by atoms with Crippen LogP contribution in [0.25, 0.3) is 10.8 Å². The van der Waals surface area contributed by atoms with Crippen molar-refractivity contribution in [3.8, 4) is 0 Å². The van der Waals surface area contributed by atoms with Gasteiger partial charge in [-0.1, -0.05) is 36.4 Å². The fraction of sp³-hybridized carbons (Fsp3) is 0.250. The number of ketones is 1. The molecule has 0 saturated heterocycles. The van der Waals surface area contributed by atoms with E-state index in [1.165, 1.54) is 30.4 Å². The second kappa shape index (κ2) is 5.78. The fourth-order valence-electron chi connectivity index (χ4n) is 5.02. The summed E-state index contributed by atoms with van der Waals surface area (Å²) in [4.78, 5) is 24.6. The Balaban J connectivity index is 1.56. The van der Waals surface area contributed by atoms with Gasteiger partial charge in [0.05, 0.1) is 5.56 Å². The maximum atomic E-state index is 13.1. The van der Waals surface area contributed by atoms with Crippen molar-refractivity contribution in [1.29, 1.82) is 0 Å². The standard InChI is InChI=1S/C24H20O3/c1-13-2-3-15-11-17(7-9-20(15)22(13)24(26)27)23(25)18-6-8-19-14-4-5-16(10-14)21(19)12-18/h2-3,6-9,11-12,14,16H,4-5,10H2,1H3,(H,26,27). The Labute approximate surface area is 157 Å². The van der Waals surface area contributed by atoms with E-state index in [0.29, 0.717) is 28.3 Å². The molecule has 1 N–H and O–H groups in total. The zero-order valence-electron chi connectivity index (χ0n) is 15.2. The van der Waals surface area contributed by atoms with Gasteiger partial charge in [0.25, 0.3) is 0 Å². The predicted octanol–water partition coefficient (Wildman–Crippen LogP) is 5.44. The second-order valence-corrected chi connectivity index (χ2v) is 7.88. The Morgan fingerprint density at radius 2 is 1.59 bits per heavy atom. The zero-order valence-corrected chi connectivity index (χ0v) is 15.2. The summed E-state index contributed by atoms with van der Waals surface area (Å²) in [5.74, 6) is 0.369. The highest BCUT2D eigenvalue weighted by molar-refractivity contribution is 6.12. The van der Waals surface area contributed by atoms with E-state index in [9.17, 15) is 14.7 Å². The molecule has 0 heterocycles. The average Bonchev–Trinajstić information content (AvgIpc) is 3.28. The van der Waals surface area contributed by atoms with Gasteiger partial charge in [-0.05, 0) is 77.6 Å². The summed E-state index contributed by atoms with van der Waals surface area (Å²) in [7, 11) is 0. The molecule has 1 fully saturated rings. The Morgan fingerprint density at radius 3 is 2.37 bits per heavy atom. The van der Waals surface area contributed by atoms with Gasteiger partial charge in [0.15, 0.2) is 5.78 Å². The highest BCUT2D eigenvalue weighted by Crippen LogP contribution is 2.53. The Bertz CT molecular complexity index is 1130. The maximum Gasteiger partial charge on any atom is 0.336 e. The van der Waals surface area contributed by atoms with Crippen LogP contribution in [-0.2, 0) is 0 Å². The third-order valence-corrected chi connectivity index (χ3v) is 6.37. The number of fused-ring (bicyclic) bond motifs is 6. The van der Waals surface area contributed by atoms with Crippen molar-refractivity contribution >= 4 is 22.5 Å². The maximum absolute atomic E-state index is 13.1. The van der Waals surface area contributed by atoms with Crippen molar-refractivity contribution in [2.75, 3.05) is 0 Å². The molecule has 2 bridgehead atoms. The summed E-state index contributed by atoms with van der Waals surface area (Å²) in [5.41, 5.74) is 5.16. The minimum Gasteiger partial charge on any atom is -0.478 e. The van der Waals surface area contributed by atoms with Gasteiger partial charge in [-0.3, -0.25) is 4.79 Å². The van der Waals surface area contributed by atoms with Crippen molar-refractivity contribution in [2.45, 2.75) is 38.0 Å². The average molecular weight is 356 g/mol. The molecule has 2 atom stereocenters. The van der Waals surface area contributed by atoms with E-state index in [0.717, 1.165) is 16.5 Å². The first kappa shape index (κ1) is 16.2. The summed E-state index contributed by atoms with van der Waals surface area (Å²) < 4.78 is 0. The summed E-state index contributed by atoms with van der Waals surface area (Å²) >= 11 is 0. The number of carboxylic acid groups (broad SMARTS) is 1. The van der Waals surface area contributed by atoms with Gasteiger partial charge in [-0.15, -0.1) is 0 Å². The lowest BCUT2D eigenvalue weighted by Crippen LogP contribution is -2.06. The van der Waals surface area contributed by atoms with Crippen LogP contribution in [0.2, 0.25) is 0 Å². The lowest BCUT2D eigenvalue weighted by molar-refractivity contribution is 0.0698. The molecule has 27 heavy (non-hydrogen) atoms. The molecule has 0 aliphatic heterocycles. The molecule has 3 aromatic carbocycles. The number of hydrogen-bond acceptors (Lipinski definition) is 2. The van der Waals surface area contributed by atoms with Crippen LogP contribution in [0, 0.1) is 6.92 Å². The van der Waals surface area contributed by atoms with Crippen molar-refractivity contribution in [1.82, 2.24) is 0 Å². The normalized spacial score (nSPS) is 20.0. The molecule has 0 radical (unpaired) electrons. The number of aryl methyl sites for hydroxylation is 1. The van der Waals surface area contributed by atoms with E-state index in [2.05, 4.69) is 12.1 Å². The predicted molar refractivity (Wildman–Crippen MR) is 105 cm³/mol. The number of benzene rings is 3. The van der Waals surface area contributed by atoms with Gasteiger partial charge in [0.2, 0.25) is 0 Å². The van der Waals surface area contributed by atoms with E-state index in [-0.39, 0.29) is 5.78 Å². The first-order valence-corrected chi connectivity index (χ1v) is 9.48. The molecule has 0 spiro atoms. The van der Waals surface area contributed by atoms with Gasteiger partial charge in [-0.2, -0.15) is 0 Å². The van der Waals surface area contributed by atoms with Gasteiger partial charge in [0, 0.05) is 11.1 Å². The lowest BCUT2D eigenvalue weighted by Gasteiger charge is -2.16. The molecule has 2 unspecified atom stereocenters. The van der Waals surface area contributed by atoms with Gasteiger partial charge in [0.1, 0.15) is 0 Å². The van der Waals surface area contributed by atoms with Crippen LogP contribution in [0.3, 0.4) is 0 Å². The van der Waals surface area contributed by atoms with E-state index >= 15 is 0 Å². The second-order valence-electron chi connectivity index (χ2n) is 7.88. The minimum atomic E-state index is -0.939. The largest absolute Gasteiger partial charge is 0.478 e. The molecule has 3 heteroatoms. The van der Waals surface area contributed by atoms with E-state index in [1.54, 1.807) is 25.1 Å². The van der Waals surface area contributed by atoms with Crippen LogP contribution in [0.5, 0.6) is 0 Å². The van der Waals surface area contributed by atoms with Gasteiger partial charge in [-0.25, -0.2) is 4.79 Å². The molecule has 3 aromatic rings. The highest BCUT2D eigenvalue weighted by atomic mass is 16.4. The van der Waals surface area contributed by atoms with Crippen LogP contribution < -0.4 is 0 Å². The quantitative estimate of drug-likeness (QED) is 0.636. The van der Waals surface area contributed by atoms with E-state index in [4.69, 9.17) is 0 Å². The first-order chi connectivity index (χ1) is 13.0. The smallest absolute Gasteiger partial charge is 0.336 e. The fourth-order valence-corrected chi connectivity index (χ4v) is 5.02. The summed E-state index contributed by atoms with van der Waals surface area (Å²) in [6.45, 7) is 1.79. The third kappa shape index (κ3) is 2.42. The van der Waals surface area contributed by atoms with Crippen LogP contribution in [0.1, 0.15) is 74.1 Å². The van der Waals surface area contributed by atoms with Gasteiger partial charge >= 0.3 is 5.97 Å². The van der Waals surface area contributed by atoms with Gasteiger partial charge < -0.3 is 5.11 Å². The number of aromatic carboxylic acids is 1. The molecular weight excluding hydrogens is 336 g/mol. The monoisotopic (exact) mass is 356 g/mol. The number of rotatable bonds is 3. The molecule has 2 aliphatic carbocycles. The van der Waals surface area contributed by atoms with E-state index in [1.807, 2.05) is 18.2 Å². The van der Waals surface area contributed by atoms with Crippen molar-refractivity contribution in [3.05, 3.63) is 81.9 Å². The van der Waals surface area contributed by atoms with Crippen LogP contribution in [0.15, 0.2) is 48.5 Å².